The second kappa shape index (κ2) is 6.03. The first kappa shape index (κ1) is 13.1. The molecule has 18 heavy (non-hydrogen) atoms. The van der Waals surface area contributed by atoms with Crippen molar-refractivity contribution in [1.29, 1.82) is 0 Å². The Morgan fingerprint density at radius 3 is 2.33 bits per heavy atom. The molecule has 3 heteroatoms. The van der Waals surface area contributed by atoms with Gasteiger partial charge >= 0.3 is 0 Å². The Morgan fingerprint density at radius 1 is 0.944 bits per heavy atom. The van der Waals surface area contributed by atoms with Crippen LogP contribution in [-0.2, 0) is 6.42 Å². The highest BCUT2D eigenvalue weighted by Crippen LogP contribution is 2.23. The van der Waals surface area contributed by atoms with Crippen LogP contribution in [0.2, 0.25) is 10.0 Å². The van der Waals surface area contributed by atoms with E-state index in [9.17, 15) is 4.79 Å². The molecule has 0 aliphatic carbocycles. The molecule has 0 saturated carbocycles. The van der Waals surface area contributed by atoms with Crippen LogP contribution in [0, 0.1) is 0 Å². The minimum Gasteiger partial charge on any atom is -0.294 e. The second-order valence-electron chi connectivity index (χ2n) is 4.04. The molecule has 0 fully saturated rings. The van der Waals surface area contributed by atoms with Gasteiger partial charge < -0.3 is 0 Å². The predicted octanol–water partition coefficient (Wildman–Crippen LogP) is 4.81. The standard InChI is InChI=1S/C15H12Cl2O/c16-13-8-7-12(10-14(13)17)15(18)9-6-11-4-2-1-3-5-11/h1-5,7-8,10H,6,9H2. The van der Waals surface area contributed by atoms with E-state index in [2.05, 4.69) is 0 Å². The van der Waals surface area contributed by atoms with Gasteiger partial charge in [-0.1, -0.05) is 53.5 Å². The fraction of sp³-hybridized carbons (Fsp3) is 0.133. The molecule has 0 amide bonds. The van der Waals surface area contributed by atoms with Crippen LogP contribution in [0.15, 0.2) is 48.5 Å². The molecule has 0 aromatic heterocycles. The lowest BCUT2D eigenvalue weighted by Gasteiger charge is -2.03. The Balaban J connectivity index is 2.02. The largest absolute Gasteiger partial charge is 0.294 e. The number of hydrogen-bond donors (Lipinski definition) is 0. The van der Waals surface area contributed by atoms with Crippen LogP contribution in [0.25, 0.3) is 0 Å². The number of carbonyl (C=O) groups excluding carboxylic acids is 1. The highest BCUT2D eigenvalue weighted by atomic mass is 35.5. The molecule has 0 heterocycles. The minimum atomic E-state index is 0.0809. The fourth-order valence-corrected chi connectivity index (χ4v) is 2.01. The quantitative estimate of drug-likeness (QED) is 0.734. The summed E-state index contributed by atoms with van der Waals surface area (Å²) in [6.45, 7) is 0. The molecule has 0 radical (unpaired) electrons. The van der Waals surface area contributed by atoms with E-state index in [0.29, 0.717) is 22.0 Å². The van der Waals surface area contributed by atoms with Gasteiger partial charge in [-0.15, -0.1) is 0 Å². The molecule has 0 saturated heterocycles. The van der Waals surface area contributed by atoms with E-state index in [-0.39, 0.29) is 5.78 Å². The van der Waals surface area contributed by atoms with Gasteiger partial charge in [-0.2, -0.15) is 0 Å². The molecule has 0 aliphatic heterocycles. The van der Waals surface area contributed by atoms with Crippen molar-refractivity contribution in [2.45, 2.75) is 12.8 Å². The van der Waals surface area contributed by atoms with E-state index in [0.717, 1.165) is 12.0 Å². The molecule has 0 atom stereocenters. The fourth-order valence-electron chi connectivity index (χ4n) is 1.72. The Hall–Kier alpha value is -1.31. The van der Waals surface area contributed by atoms with Gasteiger partial charge in [-0.05, 0) is 30.2 Å². The summed E-state index contributed by atoms with van der Waals surface area (Å²) in [5.41, 5.74) is 1.77. The van der Waals surface area contributed by atoms with Gasteiger partial charge in [-0.3, -0.25) is 4.79 Å². The maximum atomic E-state index is 12.0. The molecule has 0 unspecified atom stereocenters. The summed E-state index contributed by atoms with van der Waals surface area (Å²) in [7, 11) is 0. The van der Waals surface area contributed by atoms with E-state index >= 15 is 0 Å². The van der Waals surface area contributed by atoms with Gasteiger partial charge in [0.2, 0.25) is 0 Å². The Bertz CT molecular complexity index is 550. The van der Waals surface area contributed by atoms with Crippen molar-refractivity contribution in [3.05, 3.63) is 69.7 Å². The van der Waals surface area contributed by atoms with Crippen molar-refractivity contribution in [2.24, 2.45) is 0 Å². The molecule has 2 aromatic rings. The van der Waals surface area contributed by atoms with Crippen LogP contribution >= 0.6 is 23.2 Å². The van der Waals surface area contributed by atoms with Crippen LogP contribution in [0.4, 0.5) is 0 Å². The summed E-state index contributed by atoms with van der Waals surface area (Å²) in [5, 5.41) is 0.888. The lowest BCUT2D eigenvalue weighted by atomic mass is 10.0. The van der Waals surface area contributed by atoms with Gasteiger partial charge in [0.1, 0.15) is 0 Å². The first-order valence-electron chi connectivity index (χ1n) is 5.69. The molecule has 2 rings (SSSR count). The Kier molecular flexibility index (Phi) is 4.40. The van der Waals surface area contributed by atoms with Gasteiger partial charge in [0.15, 0.2) is 5.78 Å². The van der Waals surface area contributed by atoms with E-state index < -0.39 is 0 Å². The average molecular weight is 279 g/mol. The summed E-state index contributed by atoms with van der Waals surface area (Å²) in [5.74, 6) is 0.0809. The molecule has 0 spiro atoms. The molecule has 2 aromatic carbocycles. The monoisotopic (exact) mass is 278 g/mol. The molecular formula is C15H12Cl2O. The third-order valence-electron chi connectivity index (χ3n) is 2.73. The van der Waals surface area contributed by atoms with Crippen molar-refractivity contribution < 1.29 is 4.79 Å². The number of Topliss-reactive ketones (excluding diaryl/α,β-unsaturated/α-hetero) is 1. The number of carbonyl (C=O) groups is 1. The Labute approximate surface area is 116 Å². The molecular weight excluding hydrogens is 267 g/mol. The van der Waals surface area contributed by atoms with Crippen LogP contribution in [0.5, 0.6) is 0 Å². The third kappa shape index (κ3) is 3.34. The van der Waals surface area contributed by atoms with Crippen LogP contribution < -0.4 is 0 Å². The second-order valence-corrected chi connectivity index (χ2v) is 4.85. The average Bonchev–Trinajstić information content (AvgIpc) is 2.40. The molecule has 0 aliphatic rings. The minimum absolute atomic E-state index is 0.0809. The number of rotatable bonds is 4. The number of aryl methyl sites for hydroxylation is 1. The summed E-state index contributed by atoms with van der Waals surface area (Å²) >= 11 is 11.7. The third-order valence-corrected chi connectivity index (χ3v) is 3.46. The Morgan fingerprint density at radius 2 is 1.67 bits per heavy atom. The molecule has 1 nitrogen and oxygen atoms in total. The topological polar surface area (TPSA) is 17.1 Å². The van der Waals surface area contributed by atoms with Gasteiger partial charge in [0.05, 0.1) is 10.0 Å². The van der Waals surface area contributed by atoms with Crippen LogP contribution in [0.3, 0.4) is 0 Å². The summed E-state index contributed by atoms with van der Waals surface area (Å²) in [4.78, 5) is 12.0. The highest BCUT2D eigenvalue weighted by Gasteiger charge is 2.08. The first-order valence-corrected chi connectivity index (χ1v) is 6.44. The number of halogens is 2. The van der Waals surface area contributed by atoms with Gasteiger partial charge in [0, 0.05) is 12.0 Å². The zero-order chi connectivity index (χ0) is 13.0. The zero-order valence-electron chi connectivity index (χ0n) is 9.70. The number of hydrogen-bond acceptors (Lipinski definition) is 1. The smallest absolute Gasteiger partial charge is 0.163 e. The maximum absolute atomic E-state index is 12.0. The zero-order valence-corrected chi connectivity index (χ0v) is 11.2. The summed E-state index contributed by atoms with van der Waals surface area (Å²) in [6.07, 6.45) is 1.21. The number of ketones is 1. The van der Waals surface area contributed by atoms with Crippen molar-refractivity contribution >= 4 is 29.0 Å². The number of benzene rings is 2. The van der Waals surface area contributed by atoms with E-state index in [1.165, 1.54) is 0 Å². The molecule has 0 bridgehead atoms. The van der Waals surface area contributed by atoms with Crippen molar-refractivity contribution in [3.8, 4) is 0 Å². The van der Waals surface area contributed by atoms with Crippen LogP contribution in [0.1, 0.15) is 22.3 Å². The molecule has 0 N–H and O–H groups in total. The van der Waals surface area contributed by atoms with Gasteiger partial charge in [0.25, 0.3) is 0 Å². The van der Waals surface area contributed by atoms with Crippen molar-refractivity contribution in [1.82, 2.24) is 0 Å². The maximum Gasteiger partial charge on any atom is 0.163 e. The highest BCUT2D eigenvalue weighted by molar-refractivity contribution is 6.42. The van der Waals surface area contributed by atoms with E-state index in [1.54, 1.807) is 18.2 Å². The normalized spacial score (nSPS) is 10.3. The molecule has 92 valence electrons. The SMILES string of the molecule is O=C(CCc1ccccc1)c1ccc(Cl)c(Cl)c1. The lowest BCUT2D eigenvalue weighted by Crippen LogP contribution is -2.01. The van der Waals surface area contributed by atoms with E-state index in [4.69, 9.17) is 23.2 Å². The first-order chi connectivity index (χ1) is 8.66. The predicted molar refractivity (Wildman–Crippen MR) is 75.6 cm³/mol. The summed E-state index contributed by atoms with van der Waals surface area (Å²) in [6, 6.07) is 14.9. The van der Waals surface area contributed by atoms with Gasteiger partial charge in [-0.25, -0.2) is 0 Å². The lowest BCUT2D eigenvalue weighted by molar-refractivity contribution is 0.0983. The summed E-state index contributed by atoms with van der Waals surface area (Å²) < 4.78 is 0. The van der Waals surface area contributed by atoms with Crippen molar-refractivity contribution in [3.63, 3.8) is 0 Å². The van der Waals surface area contributed by atoms with E-state index in [1.807, 2.05) is 30.3 Å². The van der Waals surface area contributed by atoms with Crippen molar-refractivity contribution in [2.75, 3.05) is 0 Å². The van der Waals surface area contributed by atoms with Crippen LogP contribution in [-0.4, -0.2) is 5.78 Å².